The van der Waals surface area contributed by atoms with Crippen molar-refractivity contribution in [3.05, 3.63) is 0 Å². The van der Waals surface area contributed by atoms with E-state index in [2.05, 4.69) is 8.92 Å². The Bertz CT molecular complexity index is 234. The quantitative estimate of drug-likeness (QED) is 0.459. The monoisotopic (exact) mass is 196 g/mol. The summed E-state index contributed by atoms with van der Waals surface area (Å²) in [7, 11) is -2.01. The van der Waals surface area contributed by atoms with Crippen molar-refractivity contribution in [3.63, 3.8) is 0 Å². The van der Waals surface area contributed by atoms with Crippen LogP contribution in [0.25, 0.3) is 0 Å². The standard InChI is InChI=1S/C5H8O6S/c1-10-4(6)2-3-5(7)11-12(8)9/h12H,2-3H2,1H3. The average molecular weight is 196 g/mol. The maximum Gasteiger partial charge on any atom is 0.322 e. The number of methoxy groups -OCH3 is 1. The van der Waals surface area contributed by atoms with Gasteiger partial charge in [-0.05, 0) is 0 Å². The molecule has 0 radical (unpaired) electrons. The summed E-state index contributed by atoms with van der Waals surface area (Å²) in [6.07, 6.45) is -0.478. The highest BCUT2D eigenvalue weighted by atomic mass is 32.2. The van der Waals surface area contributed by atoms with Gasteiger partial charge in [0.1, 0.15) is 0 Å². The predicted molar refractivity (Wildman–Crippen MR) is 37.7 cm³/mol. The van der Waals surface area contributed by atoms with Crippen molar-refractivity contribution in [2.75, 3.05) is 7.11 Å². The first-order valence-corrected chi connectivity index (χ1v) is 4.08. The minimum absolute atomic E-state index is 0.182. The van der Waals surface area contributed by atoms with Crippen LogP contribution < -0.4 is 0 Å². The Labute approximate surface area is 70.6 Å². The van der Waals surface area contributed by atoms with Gasteiger partial charge in [-0.2, -0.15) is 8.42 Å². The van der Waals surface area contributed by atoms with E-state index in [1.165, 1.54) is 7.11 Å². The van der Waals surface area contributed by atoms with E-state index in [4.69, 9.17) is 0 Å². The maximum atomic E-state index is 10.5. The highest BCUT2D eigenvalue weighted by molar-refractivity contribution is 7.67. The van der Waals surface area contributed by atoms with Crippen molar-refractivity contribution < 1.29 is 26.9 Å². The van der Waals surface area contributed by atoms with Crippen molar-refractivity contribution >= 4 is 22.9 Å². The van der Waals surface area contributed by atoms with Gasteiger partial charge in [-0.15, -0.1) is 0 Å². The number of esters is 1. The fourth-order valence-corrected chi connectivity index (χ4v) is 0.693. The van der Waals surface area contributed by atoms with Gasteiger partial charge in [0.05, 0.1) is 20.0 Å². The number of hydrogen-bond donors (Lipinski definition) is 1. The Kier molecular flexibility index (Phi) is 5.02. The molecule has 0 aromatic rings. The van der Waals surface area contributed by atoms with Crippen LogP contribution in [-0.2, 0) is 29.5 Å². The minimum atomic E-state index is -3.18. The lowest BCUT2D eigenvalue weighted by molar-refractivity contribution is -0.144. The molecule has 0 spiro atoms. The number of rotatable bonds is 4. The van der Waals surface area contributed by atoms with E-state index < -0.39 is 22.9 Å². The van der Waals surface area contributed by atoms with Crippen LogP contribution >= 0.6 is 0 Å². The van der Waals surface area contributed by atoms with Crippen LogP contribution in [0.5, 0.6) is 0 Å². The number of thiol groups is 1. The second kappa shape index (κ2) is 5.53. The Morgan fingerprint density at radius 3 is 2.08 bits per heavy atom. The van der Waals surface area contributed by atoms with Crippen molar-refractivity contribution in [1.82, 2.24) is 0 Å². The molecule has 0 aliphatic rings. The highest BCUT2D eigenvalue weighted by Gasteiger charge is 2.08. The summed E-state index contributed by atoms with van der Waals surface area (Å²) in [5.74, 6) is -1.55. The van der Waals surface area contributed by atoms with Crippen LogP contribution in [-0.4, -0.2) is 27.5 Å². The third kappa shape index (κ3) is 5.66. The van der Waals surface area contributed by atoms with Gasteiger partial charge in [-0.1, -0.05) is 0 Å². The van der Waals surface area contributed by atoms with Gasteiger partial charge in [0.15, 0.2) is 0 Å². The first-order chi connectivity index (χ1) is 5.56. The molecule has 7 heteroatoms. The summed E-state index contributed by atoms with van der Waals surface area (Å²) >= 11 is 0. The van der Waals surface area contributed by atoms with E-state index in [9.17, 15) is 18.0 Å². The van der Waals surface area contributed by atoms with Crippen molar-refractivity contribution in [2.45, 2.75) is 12.8 Å². The molecule has 12 heavy (non-hydrogen) atoms. The summed E-state index contributed by atoms with van der Waals surface area (Å²) < 4.78 is 27.6. The normalized spacial score (nSPS) is 9.50. The molecule has 0 aromatic carbocycles. The lowest BCUT2D eigenvalue weighted by atomic mass is 10.3. The molecule has 0 aliphatic heterocycles. The van der Waals surface area contributed by atoms with Crippen molar-refractivity contribution in [1.29, 1.82) is 0 Å². The molecule has 0 saturated carbocycles. The minimum Gasteiger partial charge on any atom is -0.469 e. The molecule has 0 rings (SSSR count). The van der Waals surface area contributed by atoms with Crippen LogP contribution in [0.15, 0.2) is 0 Å². The lowest BCUT2D eigenvalue weighted by Crippen LogP contribution is -2.07. The summed E-state index contributed by atoms with van der Waals surface area (Å²) in [5.41, 5.74) is 0. The molecule has 0 atom stereocenters. The molecule has 0 saturated heterocycles. The Balaban J connectivity index is 3.64. The number of carbonyl (C=O) groups is 2. The average Bonchev–Trinajstić information content (AvgIpc) is 1.99. The van der Waals surface area contributed by atoms with Gasteiger partial charge in [-0.3, -0.25) is 9.59 Å². The van der Waals surface area contributed by atoms with Gasteiger partial charge >= 0.3 is 22.9 Å². The van der Waals surface area contributed by atoms with Crippen LogP contribution in [0.2, 0.25) is 0 Å². The fourth-order valence-electron chi connectivity index (χ4n) is 0.435. The molecular weight excluding hydrogens is 188 g/mol. The molecule has 0 aromatic heterocycles. The number of carbonyl (C=O) groups excluding carboxylic acids is 2. The SMILES string of the molecule is COC(=O)CCC(=O)O[SH](=O)=O. The Hall–Kier alpha value is -1.11. The molecule has 70 valence electrons. The zero-order valence-electron chi connectivity index (χ0n) is 6.31. The zero-order valence-corrected chi connectivity index (χ0v) is 7.21. The van der Waals surface area contributed by atoms with Gasteiger partial charge in [0, 0.05) is 0 Å². The van der Waals surface area contributed by atoms with Gasteiger partial charge < -0.3 is 8.92 Å². The van der Waals surface area contributed by atoms with E-state index >= 15 is 0 Å². The number of hydrogen-bond acceptors (Lipinski definition) is 6. The third-order valence-electron chi connectivity index (χ3n) is 0.937. The second-order valence-corrected chi connectivity index (χ2v) is 2.39. The predicted octanol–water partition coefficient (Wildman–Crippen LogP) is -0.991. The molecule has 6 nitrogen and oxygen atoms in total. The zero-order chi connectivity index (χ0) is 9.56. The molecule has 0 heterocycles. The third-order valence-corrected chi connectivity index (χ3v) is 1.29. The maximum absolute atomic E-state index is 10.5. The number of ether oxygens (including phenoxy) is 1. The Morgan fingerprint density at radius 1 is 1.17 bits per heavy atom. The molecule has 0 bridgehead atoms. The van der Waals surface area contributed by atoms with E-state index in [0.29, 0.717) is 0 Å². The molecule has 0 unspecified atom stereocenters. The summed E-state index contributed by atoms with van der Waals surface area (Å²) in [4.78, 5) is 20.9. The smallest absolute Gasteiger partial charge is 0.322 e. The first-order valence-electron chi connectivity index (χ1n) is 2.98. The summed E-state index contributed by atoms with van der Waals surface area (Å²) in [5, 5.41) is 0. The summed E-state index contributed by atoms with van der Waals surface area (Å²) in [6, 6.07) is 0. The van der Waals surface area contributed by atoms with Gasteiger partial charge in [0.2, 0.25) is 0 Å². The lowest BCUT2D eigenvalue weighted by Gasteiger charge is -1.96. The van der Waals surface area contributed by atoms with E-state index in [0.717, 1.165) is 0 Å². The van der Waals surface area contributed by atoms with Gasteiger partial charge in [-0.25, -0.2) is 0 Å². The van der Waals surface area contributed by atoms with Crippen LogP contribution in [0, 0.1) is 0 Å². The molecule has 0 fully saturated rings. The molecule has 0 amide bonds. The van der Waals surface area contributed by atoms with Crippen LogP contribution in [0.1, 0.15) is 12.8 Å². The van der Waals surface area contributed by atoms with Crippen molar-refractivity contribution in [3.8, 4) is 0 Å². The molecule has 0 aliphatic carbocycles. The van der Waals surface area contributed by atoms with E-state index in [1.54, 1.807) is 0 Å². The largest absolute Gasteiger partial charge is 0.469 e. The van der Waals surface area contributed by atoms with Crippen molar-refractivity contribution in [2.24, 2.45) is 0 Å². The summed E-state index contributed by atoms with van der Waals surface area (Å²) in [6.45, 7) is 0. The topological polar surface area (TPSA) is 86.7 Å². The van der Waals surface area contributed by atoms with Crippen LogP contribution in [0.3, 0.4) is 0 Å². The molecular formula is C5H8O6S. The van der Waals surface area contributed by atoms with Gasteiger partial charge in [0.25, 0.3) is 0 Å². The second-order valence-electron chi connectivity index (χ2n) is 1.76. The highest BCUT2D eigenvalue weighted by Crippen LogP contribution is 1.94. The van der Waals surface area contributed by atoms with E-state index in [1.807, 2.05) is 0 Å². The van der Waals surface area contributed by atoms with E-state index in [-0.39, 0.29) is 12.8 Å². The fraction of sp³-hybridized carbons (Fsp3) is 0.600. The molecule has 0 N–H and O–H groups in total. The van der Waals surface area contributed by atoms with Crippen LogP contribution in [0.4, 0.5) is 0 Å². The Morgan fingerprint density at radius 2 is 1.67 bits per heavy atom. The first kappa shape index (κ1) is 10.9.